The molecule has 1 aromatic carbocycles. The monoisotopic (exact) mass is 249 g/mol. The molecule has 18 heavy (non-hydrogen) atoms. The van der Waals surface area contributed by atoms with E-state index in [1.54, 1.807) is 0 Å². The van der Waals surface area contributed by atoms with Crippen LogP contribution in [-0.2, 0) is 4.79 Å². The molecule has 1 amide bonds. The molecule has 0 aliphatic carbocycles. The Kier molecular flexibility index (Phi) is 4.45. The van der Waals surface area contributed by atoms with Crippen molar-refractivity contribution in [2.75, 3.05) is 26.3 Å². The van der Waals surface area contributed by atoms with Crippen LogP contribution in [0.4, 0.5) is 0 Å². The van der Waals surface area contributed by atoms with Crippen LogP contribution in [0.5, 0.6) is 11.5 Å². The molecular weight excluding hydrogens is 230 g/mol. The summed E-state index contributed by atoms with van der Waals surface area (Å²) >= 11 is 0. The van der Waals surface area contributed by atoms with E-state index in [9.17, 15) is 4.79 Å². The van der Waals surface area contributed by atoms with Gasteiger partial charge in [0, 0.05) is 13.0 Å². The zero-order valence-electron chi connectivity index (χ0n) is 10.7. The third kappa shape index (κ3) is 3.39. The number of hydrogen-bond donors (Lipinski definition) is 0. The first-order valence-electron chi connectivity index (χ1n) is 6.43. The predicted molar refractivity (Wildman–Crippen MR) is 68.9 cm³/mol. The summed E-state index contributed by atoms with van der Waals surface area (Å²) in [6, 6.07) is 7.55. The van der Waals surface area contributed by atoms with Crippen molar-refractivity contribution < 1.29 is 14.3 Å². The number of benzene rings is 1. The van der Waals surface area contributed by atoms with Crippen LogP contribution in [0.2, 0.25) is 0 Å². The lowest BCUT2D eigenvalue weighted by molar-refractivity contribution is -0.128. The van der Waals surface area contributed by atoms with E-state index in [0.717, 1.165) is 24.5 Å². The number of hydrogen-bond acceptors (Lipinski definition) is 3. The number of carbonyl (C=O) groups is 1. The second-order valence-corrected chi connectivity index (χ2v) is 4.24. The minimum Gasteiger partial charge on any atom is -0.494 e. The van der Waals surface area contributed by atoms with Gasteiger partial charge >= 0.3 is 0 Å². The van der Waals surface area contributed by atoms with Gasteiger partial charge in [-0.25, -0.2) is 0 Å². The molecule has 98 valence electrons. The summed E-state index contributed by atoms with van der Waals surface area (Å²) in [5, 5.41) is 0. The van der Waals surface area contributed by atoms with Crippen molar-refractivity contribution in [3.63, 3.8) is 0 Å². The number of ether oxygens (including phenoxy) is 2. The molecule has 4 heteroatoms. The molecule has 1 saturated heterocycles. The molecule has 1 fully saturated rings. The van der Waals surface area contributed by atoms with E-state index in [1.165, 1.54) is 0 Å². The van der Waals surface area contributed by atoms with Crippen molar-refractivity contribution in [2.24, 2.45) is 0 Å². The van der Waals surface area contributed by atoms with E-state index in [4.69, 9.17) is 9.47 Å². The van der Waals surface area contributed by atoms with Gasteiger partial charge < -0.3 is 14.4 Å². The first-order chi connectivity index (χ1) is 8.79. The van der Waals surface area contributed by atoms with Crippen molar-refractivity contribution >= 4 is 5.91 Å². The largest absolute Gasteiger partial charge is 0.494 e. The molecule has 1 aliphatic heterocycles. The van der Waals surface area contributed by atoms with Crippen LogP contribution in [0, 0.1) is 0 Å². The van der Waals surface area contributed by atoms with Gasteiger partial charge in [0.1, 0.15) is 18.1 Å². The molecule has 1 aliphatic rings. The number of likely N-dealkylation sites (tertiary alicyclic amines) is 1. The number of amides is 1. The zero-order valence-corrected chi connectivity index (χ0v) is 10.7. The lowest BCUT2D eigenvalue weighted by Gasteiger charge is -2.15. The molecule has 0 spiro atoms. The molecule has 1 aromatic rings. The highest BCUT2D eigenvalue weighted by Crippen LogP contribution is 2.17. The van der Waals surface area contributed by atoms with Gasteiger partial charge in [-0.05, 0) is 37.6 Å². The van der Waals surface area contributed by atoms with E-state index in [1.807, 2.05) is 36.1 Å². The average Bonchev–Trinajstić information content (AvgIpc) is 2.78. The first-order valence-corrected chi connectivity index (χ1v) is 6.43. The van der Waals surface area contributed by atoms with Crippen molar-refractivity contribution in [3.05, 3.63) is 24.3 Å². The van der Waals surface area contributed by atoms with Crippen LogP contribution < -0.4 is 9.47 Å². The maximum atomic E-state index is 11.4. The molecule has 2 rings (SSSR count). The lowest BCUT2D eigenvalue weighted by Crippen LogP contribution is -2.29. The van der Waals surface area contributed by atoms with Crippen LogP contribution in [0.15, 0.2) is 24.3 Å². The highest BCUT2D eigenvalue weighted by molar-refractivity contribution is 5.78. The fourth-order valence-electron chi connectivity index (χ4n) is 2.01. The second kappa shape index (κ2) is 6.28. The molecule has 0 bridgehead atoms. The second-order valence-electron chi connectivity index (χ2n) is 4.24. The van der Waals surface area contributed by atoms with E-state index >= 15 is 0 Å². The predicted octanol–water partition coefficient (Wildman–Crippen LogP) is 2.09. The summed E-state index contributed by atoms with van der Waals surface area (Å²) in [4.78, 5) is 13.2. The minimum atomic E-state index is 0.241. The Morgan fingerprint density at radius 3 is 2.39 bits per heavy atom. The van der Waals surface area contributed by atoms with Gasteiger partial charge in [-0.2, -0.15) is 0 Å². The van der Waals surface area contributed by atoms with Crippen molar-refractivity contribution in [1.29, 1.82) is 0 Å². The Balaban J connectivity index is 1.74. The fourth-order valence-corrected chi connectivity index (χ4v) is 2.01. The summed E-state index contributed by atoms with van der Waals surface area (Å²) < 4.78 is 11.0. The van der Waals surface area contributed by atoms with Crippen LogP contribution >= 0.6 is 0 Å². The summed E-state index contributed by atoms with van der Waals surface area (Å²) in [5.41, 5.74) is 0. The molecule has 0 N–H and O–H groups in total. The van der Waals surface area contributed by atoms with Crippen LogP contribution in [0.3, 0.4) is 0 Å². The third-order valence-corrected chi connectivity index (χ3v) is 2.94. The zero-order chi connectivity index (χ0) is 12.8. The van der Waals surface area contributed by atoms with Crippen LogP contribution in [-0.4, -0.2) is 37.1 Å². The quantitative estimate of drug-likeness (QED) is 0.775. The van der Waals surface area contributed by atoms with Gasteiger partial charge in [-0.1, -0.05) is 0 Å². The Morgan fingerprint density at radius 1 is 1.17 bits per heavy atom. The Morgan fingerprint density at radius 2 is 1.83 bits per heavy atom. The average molecular weight is 249 g/mol. The van der Waals surface area contributed by atoms with Crippen molar-refractivity contribution in [2.45, 2.75) is 19.8 Å². The highest BCUT2D eigenvalue weighted by Gasteiger charge is 2.19. The maximum Gasteiger partial charge on any atom is 0.222 e. The fraction of sp³-hybridized carbons (Fsp3) is 0.500. The topological polar surface area (TPSA) is 38.8 Å². The van der Waals surface area contributed by atoms with Crippen LogP contribution in [0.25, 0.3) is 0 Å². The lowest BCUT2D eigenvalue weighted by atomic mass is 10.3. The van der Waals surface area contributed by atoms with Gasteiger partial charge in [0.2, 0.25) is 5.91 Å². The van der Waals surface area contributed by atoms with Gasteiger partial charge in [0.25, 0.3) is 0 Å². The molecule has 0 radical (unpaired) electrons. The van der Waals surface area contributed by atoms with E-state index in [0.29, 0.717) is 26.2 Å². The van der Waals surface area contributed by atoms with Crippen molar-refractivity contribution in [3.8, 4) is 11.5 Å². The molecule has 0 aromatic heterocycles. The maximum absolute atomic E-state index is 11.4. The summed E-state index contributed by atoms with van der Waals surface area (Å²) in [6.45, 7) is 4.70. The highest BCUT2D eigenvalue weighted by atomic mass is 16.5. The molecule has 4 nitrogen and oxygen atoms in total. The van der Waals surface area contributed by atoms with Gasteiger partial charge in [-0.15, -0.1) is 0 Å². The number of nitrogens with zero attached hydrogens (tertiary/aromatic N) is 1. The summed E-state index contributed by atoms with van der Waals surface area (Å²) in [5.74, 6) is 1.90. The molecular formula is C14H19NO3. The Hall–Kier alpha value is -1.71. The van der Waals surface area contributed by atoms with E-state index in [-0.39, 0.29) is 5.91 Å². The van der Waals surface area contributed by atoms with E-state index < -0.39 is 0 Å². The minimum absolute atomic E-state index is 0.241. The smallest absolute Gasteiger partial charge is 0.222 e. The van der Waals surface area contributed by atoms with E-state index in [2.05, 4.69) is 0 Å². The Labute approximate surface area is 107 Å². The van der Waals surface area contributed by atoms with Crippen molar-refractivity contribution in [1.82, 2.24) is 4.90 Å². The number of rotatable bonds is 6. The molecule has 0 saturated carbocycles. The number of carbonyl (C=O) groups excluding carboxylic acids is 1. The first kappa shape index (κ1) is 12.7. The normalized spacial score (nSPS) is 14.9. The van der Waals surface area contributed by atoms with Gasteiger partial charge in [0.15, 0.2) is 0 Å². The summed E-state index contributed by atoms with van der Waals surface area (Å²) in [6.07, 6.45) is 1.66. The molecule has 0 unspecified atom stereocenters. The van der Waals surface area contributed by atoms with Crippen LogP contribution in [0.1, 0.15) is 19.8 Å². The standard InChI is InChI=1S/C14H19NO3/c1-2-17-12-5-7-13(8-6-12)18-11-10-15-9-3-4-14(15)16/h5-8H,2-4,9-11H2,1H3. The molecule has 1 heterocycles. The van der Waals surface area contributed by atoms with Gasteiger partial charge in [0.05, 0.1) is 13.2 Å². The molecule has 0 atom stereocenters. The summed E-state index contributed by atoms with van der Waals surface area (Å²) in [7, 11) is 0. The Bertz CT molecular complexity index is 389. The SMILES string of the molecule is CCOc1ccc(OCCN2CCCC2=O)cc1. The van der Waals surface area contributed by atoms with Gasteiger partial charge in [-0.3, -0.25) is 4.79 Å². The third-order valence-electron chi connectivity index (χ3n) is 2.94.